The summed E-state index contributed by atoms with van der Waals surface area (Å²) in [6.45, 7) is 5.34. The maximum Gasteiger partial charge on any atom is 0.134 e. The standard InChI is InChI=1S/C18H20N2OS/c1-5-19-6-8-20(7-1)12-17-11-16-10-14(2-3-18(16)21-17)15-4-9-22-13-15/h2-4,9-11,13,19H,1,5-8,12H2. The Balaban J connectivity index is 1.57. The molecule has 4 rings (SSSR count). The quantitative estimate of drug-likeness (QED) is 0.793. The fourth-order valence-electron chi connectivity index (χ4n) is 3.06. The van der Waals surface area contributed by atoms with E-state index in [4.69, 9.17) is 4.42 Å². The number of hydrogen-bond donors (Lipinski definition) is 1. The number of thiophene rings is 1. The average Bonchev–Trinajstić information content (AvgIpc) is 3.12. The lowest BCUT2D eigenvalue weighted by Gasteiger charge is -2.17. The maximum atomic E-state index is 6.02. The Morgan fingerprint density at radius 3 is 3.00 bits per heavy atom. The van der Waals surface area contributed by atoms with Crippen molar-refractivity contribution in [3.8, 4) is 11.1 Å². The molecule has 4 heteroatoms. The normalized spacial score (nSPS) is 16.9. The molecule has 1 aliphatic rings. The van der Waals surface area contributed by atoms with Gasteiger partial charge in [0, 0.05) is 18.5 Å². The summed E-state index contributed by atoms with van der Waals surface area (Å²) in [6.07, 6.45) is 1.21. The summed E-state index contributed by atoms with van der Waals surface area (Å²) >= 11 is 1.73. The van der Waals surface area contributed by atoms with Gasteiger partial charge in [-0.25, -0.2) is 0 Å². The second-order valence-corrected chi connectivity index (χ2v) is 6.64. The largest absolute Gasteiger partial charge is 0.460 e. The summed E-state index contributed by atoms with van der Waals surface area (Å²) in [5, 5.41) is 8.95. The molecule has 3 heterocycles. The second-order valence-electron chi connectivity index (χ2n) is 5.86. The molecule has 1 saturated heterocycles. The number of hydrogen-bond acceptors (Lipinski definition) is 4. The van der Waals surface area contributed by atoms with Crippen LogP contribution in [0.25, 0.3) is 22.1 Å². The molecule has 22 heavy (non-hydrogen) atoms. The summed E-state index contributed by atoms with van der Waals surface area (Å²) < 4.78 is 6.02. The molecule has 1 N–H and O–H groups in total. The van der Waals surface area contributed by atoms with Gasteiger partial charge < -0.3 is 9.73 Å². The summed E-state index contributed by atoms with van der Waals surface area (Å²) in [4.78, 5) is 2.47. The van der Waals surface area contributed by atoms with Crippen molar-refractivity contribution in [1.29, 1.82) is 0 Å². The van der Waals surface area contributed by atoms with Gasteiger partial charge in [0.1, 0.15) is 11.3 Å². The van der Waals surface area contributed by atoms with Gasteiger partial charge in [-0.2, -0.15) is 11.3 Å². The minimum atomic E-state index is 0.907. The summed E-state index contributed by atoms with van der Waals surface area (Å²) in [7, 11) is 0. The van der Waals surface area contributed by atoms with Gasteiger partial charge in [0.25, 0.3) is 0 Å². The van der Waals surface area contributed by atoms with Crippen LogP contribution in [0.1, 0.15) is 12.2 Å². The molecule has 1 aliphatic heterocycles. The van der Waals surface area contributed by atoms with E-state index in [1.165, 1.54) is 22.9 Å². The van der Waals surface area contributed by atoms with Crippen molar-refractivity contribution in [2.24, 2.45) is 0 Å². The molecule has 0 radical (unpaired) electrons. The van der Waals surface area contributed by atoms with Gasteiger partial charge in [-0.05, 0) is 65.7 Å². The number of benzene rings is 1. The average molecular weight is 312 g/mol. The van der Waals surface area contributed by atoms with Crippen LogP contribution in [0.5, 0.6) is 0 Å². The predicted molar refractivity (Wildman–Crippen MR) is 92.3 cm³/mol. The molecule has 0 bridgehead atoms. The number of rotatable bonds is 3. The lowest BCUT2D eigenvalue weighted by Crippen LogP contribution is -2.27. The van der Waals surface area contributed by atoms with Crippen molar-refractivity contribution < 1.29 is 4.42 Å². The van der Waals surface area contributed by atoms with E-state index in [2.05, 4.69) is 51.3 Å². The molecule has 0 aliphatic carbocycles. The van der Waals surface area contributed by atoms with Crippen LogP contribution in [0.2, 0.25) is 0 Å². The van der Waals surface area contributed by atoms with Crippen LogP contribution in [0.15, 0.2) is 45.5 Å². The molecule has 0 unspecified atom stereocenters. The third-order valence-electron chi connectivity index (χ3n) is 4.23. The summed E-state index contributed by atoms with van der Waals surface area (Å²) in [5.41, 5.74) is 3.54. The topological polar surface area (TPSA) is 28.4 Å². The van der Waals surface area contributed by atoms with Crippen LogP contribution in [-0.4, -0.2) is 31.1 Å². The Kier molecular flexibility index (Phi) is 3.97. The number of nitrogens with zero attached hydrogens (tertiary/aromatic N) is 1. The summed E-state index contributed by atoms with van der Waals surface area (Å²) in [6, 6.07) is 10.8. The van der Waals surface area contributed by atoms with Gasteiger partial charge in [-0.3, -0.25) is 4.90 Å². The van der Waals surface area contributed by atoms with E-state index in [0.29, 0.717) is 0 Å². The SMILES string of the molecule is c1cc(-c2ccc3oc(CN4CCCNCC4)cc3c2)cs1. The van der Waals surface area contributed by atoms with Crippen molar-refractivity contribution in [3.63, 3.8) is 0 Å². The van der Waals surface area contributed by atoms with Crippen LogP contribution >= 0.6 is 11.3 Å². The lowest BCUT2D eigenvalue weighted by atomic mass is 10.1. The van der Waals surface area contributed by atoms with Crippen LogP contribution in [-0.2, 0) is 6.54 Å². The van der Waals surface area contributed by atoms with Gasteiger partial charge in [0.05, 0.1) is 6.54 Å². The highest BCUT2D eigenvalue weighted by atomic mass is 32.1. The van der Waals surface area contributed by atoms with Gasteiger partial charge in [-0.1, -0.05) is 6.07 Å². The molecule has 3 nitrogen and oxygen atoms in total. The Labute approximate surface area is 134 Å². The Morgan fingerprint density at radius 1 is 1.09 bits per heavy atom. The molecule has 0 spiro atoms. The first-order valence-corrected chi connectivity index (χ1v) is 8.81. The van der Waals surface area contributed by atoms with Crippen molar-refractivity contribution >= 4 is 22.3 Å². The molecular formula is C18H20N2OS. The minimum Gasteiger partial charge on any atom is -0.460 e. The third kappa shape index (κ3) is 2.95. The van der Waals surface area contributed by atoms with Crippen LogP contribution < -0.4 is 5.32 Å². The van der Waals surface area contributed by atoms with Crippen molar-refractivity contribution in [2.45, 2.75) is 13.0 Å². The predicted octanol–water partition coefficient (Wildman–Crippen LogP) is 3.96. The van der Waals surface area contributed by atoms with Crippen LogP contribution in [0, 0.1) is 0 Å². The fourth-order valence-corrected chi connectivity index (χ4v) is 3.73. The highest BCUT2D eigenvalue weighted by molar-refractivity contribution is 7.08. The van der Waals surface area contributed by atoms with Crippen molar-refractivity contribution in [3.05, 3.63) is 46.9 Å². The summed E-state index contributed by atoms with van der Waals surface area (Å²) in [5.74, 6) is 1.07. The highest BCUT2D eigenvalue weighted by Gasteiger charge is 2.12. The number of fused-ring (bicyclic) bond motifs is 1. The van der Waals surface area contributed by atoms with Crippen LogP contribution in [0.3, 0.4) is 0 Å². The van der Waals surface area contributed by atoms with Gasteiger partial charge in [0.15, 0.2) is 0 Å². The Bertz CT molecular complexity index is 740. The van der Waals surface area contributed by atoms with Gasteiger partial charge in [-0.15, -0.1) is 0 Å². The Morgan fingerprint density at radius 2 is 2.09 bits per heavy atom. The zero-order chi connectivity index (χ0) is 14.8. The molecular weight excluding hydrogens is 292 g/mol. The molecule has 0 atom stereocenters. The molecule has 1 fully saturated rings. The molecule has 114 valence electrons. The minimum absolute atomic E-state index is 0.907. The first-order chi connectivity index (χ1) is 10.9. The van der Waals surface area contributed by atoms with Crippen molar-refractivity contribution in [2.75, 3.05) is 26.2 Å². The number of furan rings is 1. The maximum absolute atomic E-state index is 6.02. The molecule has 1 aromatic carbocycles. The van der Waals surface area contributed by atoms with E-state index in [1.807, 2.05) is 0 Å². The van der Waals surface area contributed by atoms with E-state index in [0.717, 1.165) is 44.1 Å². The van der Waals surface area contributed by atoms with E-state index in [9.17, 15) is 0 Å². The fraction of sp³-hybridized carbons (Fsp3) is 0.333. The molecule has 0 amide bonds. The third-order valence-corrected chi connectivity index (χ3v) is 4.92. The molecule has 0 saturated carbocycles. The zero-order valence-electron chi connectivity index (χ0n) is 12.5. The first-order valence-electron chi connectivity index (χ1n) is 7.87. The monoisotopic (exact) mass is 312 g/mol. The highest BCUT2D eigenvalue weighted by Crippen LogP contribution is 2.28. The van der Waals surface area contributed by atoms with E-state index < -0.39 is 0 Å². The smallest absolute Gasteiger partial charge is 0.134 e. The van der Waals surface area contributed by atoms with E-state index in [1.54, 1.807) is 11.3 Å². The second kappa shape index (κ2) is 6.24. The van der Waals surface area contributed by atoms with E-state index in [-0.39, 0.29) is 0 Å². The zero-order valence-corrected chi connectivity index (χ0v) is 13.4. The molecule has 3 aromatic rings. The Hall–Kier alpha value is -1.62. The molecule has 2 aromatic heterocycles. The first kappa shape index (κ1) is 14.0. The van der Waals surface area contributed by atoms with E-state index >= 15 is 0 Å². The van der Waals surface area contributed by atoms with Gasteiger partial charge >= 0.3 is 0 Å². The van der Waals surface area contributed by atoms with Gasteiger partial charge in [0.2, 0.25) is 0 Å². The lowest BCUT2D eigenvalue weighted by molar-refractivity contribution is 0.262. The number of nitrogens with one attached hydrogen (secondary N) is 1. The van der Waals surface area contributed by atoms with Crippen LogP contribution in [0.4, 0.5) is 0 Å². The van der Waals surface area contributed by atoms with Crippen molar-refractivity contribution in [1.82, 2.24) is 10.2 Å².